The monoisotopic (exact) mass is 487 g/mol. The zero-order valence-electron chi connectivity index (χ0n) is 16.6. The average Bonchev–Trinajstić information content (AvgIpc) is 3.31. The predicted molar refractivity (Wildman–Crippen MR) is 119 cm³/mol. The van der Waals surface area contributed by atoms with Crippen LogP contribution in [0.2, 0.25) is 5.02 Å². The third-order valence-corrected chi connectivity index (χ3v) is 7.77. The van der Waals surface area contributed by atoms with Gasteiger partial charge in [0.25, 0.3) is 0 Å². The van der Waals surface area contributed by atoms with Crippen molar-refractivity contribution in [3.05, 3.63) is 45.6 Å². The molecule has 2 fully saturated rings. The standard InChI is InChI=1S/C19H23ClFN5O3S2/c20-14-11-13(1-2-15(14)21)23-18(27)17-12-16(19-22-3-10-30-19)24-31(28)26(17)5-4-25-6-8-29-9-7-25/h1-3,10-11,16-17,24H,4-9,12H2,(H,23,27). The van der Waals surface area contributed by atoms with Crippen LogP contribution >= 0.6 is 22.9 Å². The lowest BCUT2D eigenvalue weighted by Crippen LogP contribution is -2.59. The molecule has 1 aromatic carbocycles. The summed E-state index contributed by atoms with van der Waals surface area (Å²) in [6.45, 7) is 4.07. The first-order valence-electron chi connectivity index (χ1n) is 9.91. The molecule has 0 spiro atoms. The fraction of sp³-hybridized carbons (Fsp3) is 0.474. The first-order chi connectivity index (χ1) is 15.0. The molecule has 31 heavy (non-hydrogen) atoms. The van der Waals surface area contributed by atoms with Gasteiger partial charge in [-0.05, 0) is 18.2 Å². The molecule has 2 aliphatic rings. The van der Waals surface area contributed by atoms with Gasteiger partial charge in [0, 0.05) is 43.3 Å². The number of hydrogen-bond donors (Lipinski definition) is 2. The van der Waals surface area contributed by atoms with Crippen molar-refractivity contribution in [3.8, 4) is 0 Å². The van der Waals surface area contributed by atoms with Crippen LogP contribution < -0.4 is 10.0 Å². The number of hydrogen-bond acceptors (Lipinski definition) is 8. The van der Waals surface area contributed by atoms with Crippen molar-refractivity contribution in [2.24, 2.45) is 0 Å². The molecule has 168 valence electrons. The van der Waals surface area contributed by atoms with Gasteiger partial charge in [0.15, 0.2) is 0 Å². The SMILES string of the molecule is O=C(Nc1ccc(F)c(Cl)c1)C1CC(c2nccs2)N[S+]([O-])N1CCN1CCOCC1. The van der Waals surface area contributed by atoms with Crippen LogP contribution in [0.3, 0.4) is 0 Å². The quantitative estimate of drug-likeness (QED) is 0.603. The van der Waals surface area contributed by atoms with Gasteiger partial charge in [-0.3, -0.25) is 9.69 Å². The number of thiazole rings is 1. The van der Waals surface area contributed by atoms with Crippen LogP contribution in [-0.2, 0) is 21.1 Å². The third-order valence-electron chi connectivity index (χ3n) is 5.24. The van der Waals surface area contributed by atoms with Crippen LogP contribution in [-0.4, -0.2) is 70.1 Å². The van der Waals surface area contributed by atoms with Crippen LogP contribution in [0.15, 0.2) is 29.8 Å². The fourth-order valence-electron chi connectivity index (χ4n) is 3.59. The molecule has 2 saturated heterocycles. The topological polar surface area (TPSA) is 92.8 Å². The van der Waals surface area contributed by atoms with E-state index in [1.54, 1.807) is 10.5 Å². The number of aromatic nitrogens is 1. The maximum Gasteiger partial charge on any atom is 0.246 e. The number of halogens is 2. The Labute approximate surface area is 192 Å². The molecule has 3 unspecified atom stereocenters. The Morgan fingerprint density at radius 1 is 1.42 bits per heavy atom. The van der Waals surface area contributed by atoms with Crippen LogP contribution in [0.5, 0.6) is 0 Å². The third kappa shape index (κ3) is 5.74. The molecule has 1 aromatic heterocycles. The molecule has 4 rings (SSSR count). The van der Waals surface area contributed by atoms with E-state index in [1.165, 1.54) is 29.5 Å². The van der Waals surface area contributed by atoms with E-state index in [-0.39, 0.29) is 17.0 Å². The predicted octanol–water partition coefficient (Wildman–Crippen LogP) is 2.19. The lowest BCUT2D eigenvalue weighted by molar-refractivity contribution is -0.120. The van der Waals surface area contributed by atoms with Crippen molar-refractivity contribution in [1.29, 1.82) is 0 Å². The van der Waals surface area contributed by atoms with E-state index >= 15 is 0 Å². The molecule has 0 radical (unpaired) electrons. The molecule has 1 amide bonds. The Morgan fingerprint density at radius 2 is 2.23 bits per heavy atom. The highest BCUT2D eigenvalue weighted by Crippen LogP contribution is 2.30. The van der Waals surface area contributed by atoms with Crippen molar-refractivity contribution in [1.82, 2.24) is 18.9 Å². The number of nitrogens with zero attached hydrogens (tertiary/aromatic N) is 3. The molecule has 12 heteroatoms. The number of nitrogens with one attached hydrogen (secondary N) is 2. The molecule has 2 N–H and O–H groups in total. The van der Waals surface area contributed by atoms with Crippen LogP contribution in [0.25, 0.3) is 0 Å². The van der Waals surface area contributed by atoms with Gasteiger partial charge in [0.05, 0.1) is 24.8 Å². The fourth-order valence-corrected chi connectivity index (χ4v) is 5.80. The number of anilines is 1. The van der Waals surface area contributed by atoms with Gasteiger partial charge < -0.3 is 14.6 Å². The summed E-state index contributed by atoms with van der Waals surface area (Å²) in [5.74, 6) is -0.875. The largest absolute Gasteiger partial charge is 0.579 e. The smallest absolute Gasteiger partial charge is 0.246 e. The van der Waals surface area contributed by atoms with Gasteiger partial charge in [0.1, 0.15) is 34.5 Å². The van der Waals surface area contributed by atoms with Gasteiger partial charge >= 0.3 is 0 Å². The second-order valence-electron chi connectivity index (χ2n) is 7.25. The van der Waals surface area contributed by atoms with Gasteiger partial charge in [-0.2, -0.15) is 0 Å². The number of morpholine rings is 1. The summed E-state index contributed by atoms with van der Waals surface area (Å²) >= 11 is 5.73. The minimum atomic E-state index is -1.57. The zero-order valence-corrected chi connectivity index (χ0v) is 19.0. The Kier molecular flexibility index (Phi) is 7.77. The summed E-state index contributed by atoms with van der Waals surface area (Å²) in [5, 5.41) is 5.35. The Bertz CT molecular complexity index is 887. The highest BCUT2D eigenvalue weighted by Gasteiger charge is 2.44. The van der Waals surface area contributed by atoms with Crippen molar-refractivity contribution < 1.29 is 18.5 Å². The molecule has 0 bridgehead atoms. The molecule has 0 aliphatic carbocycles. The molecule has 2 aromatic rings. The Morgan fingerprint density at radius 3 is 2.94 bits per heavy atom. The van der Waals surface area contributed by atoms with Crippen molar-refractivity contribution in [2.75, 3.05) is 44.7 Å². The number of carbonyl (C=O) groups is 1. The van der Waals surface area contributed by atoms with Gasteiger partial charge in [-0.15, -0.1) is 16.1 Å². The first kappa shape index (κ1) is 22.9. The van der Waals surface area contributed by atoms with E-state index in [9.17, 15) is 13.7 Å². The minimum Gasteiger partial charge on any atom is -0.579 e. The van der Waals surface area contributed by atoms with E-state index in [0.717, 1.165) is 18.1 Å². The number of benzene rings is 1. The van der Waals surface area contributed by atoms with E-state index in [1.807, 2.05) is 5.38 Å². The van der Waals surface area contributed by atoms with E-state index in [2.05, 4.69) is 19.9 Å². The summed E-state index contributed by atoms with van der Waals surface area (Å²) in [5.41, 5.74) is 0.389. The van der Waals surface area contributed by atoms with Crippen molar-refractivity contribution in [2.45, 2.75) is 18.5 Å². The van der Waals surface area contributed by atoms with E-state index in [0.29, 0.717) is 38.4 Å². The lowest BCUT2D eigenvalue weighted by atomic mass is 10.1. The highest BCUT2D eigenvalue weighted by molar-refractivity contribution is 7.87. The molecule has 3 heterocycles. The second-order valence-corrected chi connectivity index (χ2v) is 9.79. The number of ether oxygens (including phenoxy) is 1. The lowest BCUT2D eigenvalue weighted by Gasteiger charge is -2.38. The number of amides is 1. The molecule has 8 nitrogen and oxygen atoms in total. The first-order valence-corrected chi connectivity index (χ1v) is 12.3. The summed E-state index contributed by atoms with van der Waals surface area (Å²) in [4.78, 5) is 19.7. The molecule has 3 atom stereocenters. The van der Waals surface area contributed by atoms with Crippen molar-refractivity contribution in [3.63, 3.8) is 0 Å². The second kappa shape index (κ2) is 10.5. The highest BCUT2D eigenvalue weighted by atomic mass is 35.5. The van der Waals surface area contributed by atoms with Crippen molar-refractivity contribution >= 4 is 46.1 Å². The number of rotatable bonds is 6. The van der Waals surface area contributed by atoms with Crippen LogP contribution in [0.4, 0.5) is 10.1 Å². The van der Waals surface area contributed by atoms with Gasteiger partial charge in [-0.1, -0.05) is 15.9 Å². The zero-order chi connectivity index (χ0) is 21.8. The average molecular weight is 488 g/mol. The van der Waals surface area contributed by atoms with E-state index < -0.39 is 23.4 Å². The minimum absolute atomic E-state index is 0.0727. The van der Waals surface area contributed by atoms with Gasteiger partial charge in [-0.25, -0.2) is 9.37 Å². The maximum atomic E-state index is 13.5. The molecule has 0 saturated carbocycles. The maximum absolute atomic E-state index is 13.5. The molecular weight excluding hydrogens is 465 g/mol. The van der Waals surface area contributed by atoms with E-state index in [4.69, 9.17) is 16.3 Å². The summed E-state index contributed by atoms with van der Waals surface area (Å²) < 4.78 is 36.6. The Balaban J connectivity index is 1.49. The molecule has 2 aliphatic heterocycles. The molecular formula is C19H23ClFN5O3S2. The van der Waals surface area contributed by atoms with Crippen LogP contribution in [0.1, 0.15) is 17.5 Å². The van der Waals surface area contributed by atoms with Gasteiger partial charge in [0.2, 0.25) is 5.91 Å². The normalized spacial score (nSPS) is 25.5. The summed E-state index contributed by atoms with van der Waals surface area (Å²) in [6.07, 6.45) is 2.09. The Hall–Kier alpha value is -1.31. The van der Waals surface area contributed by atoms with Crippen LogP contribution in [0, 0.1) is 5.82 Å². The number of carbonyl (C=O) groups excluding carboxylic acids is 1. The summed E-state index contributed by atoms with van der Waals surface area (Å²) in [6, 6.07) is 3.07. The summed E-state index contributed by atoms with van der Waals surface area (Å²) in [7, 11) is 0.